The summed E-state index contributed by atoms with van der Waals surface area (Å²) in [5.41, 5.74) is 3.55. The fourth-order valence-electron chi connectivity index (χ4n) is 4.17. The van der Waals surface area contributed by atoms with Gasteiger partial charge in [-0.2, -0.15) is 0 Å². The van der Waals surface area contributed by atoms with Crippen molar-refractivity contribution in [2.24, 2.45) is 0 Å². The molecule has 0 radical (unpaired) electrons. The van der Waals surface area contributed by atoms with Crippen LogP contribution in [0.15, 0.2) is 48.8 Å². The van der Waals surface area contributed by atoms with Gasteiger partial charge < -0.3 is 15.2 Å². The molecule has 0 saturated heterocycles. The van der Waals surface area contributed by atoms with Crippen molar-refractivity contribution in [3.05, 3.63) is 82.7 Å². The zero-order valence-electron chi connectivity index (χ0n) is 20.2. The van der Waals surface area contributed by atoms with E-state index >= 15 is 0 Å². The minimum atomic E-state index is -2.81. The van der Waals surface area contributed by atoms with Crippen LogP contribution in [0.4, 0.5) is 8.78 Å². The molecule has 1 aromatic carbocycles. The first-order valence-electron chi connectivity index (χ1n) is 12.2. The molecule has 4 rings (SSSR count). The van der Waals surface area contributed by atoms with Gasteiger partial charge in [-0.3, -0.25) is 14.8 Å². The van der Waals surface area contributed by atoms with Gasteiger partial charge in [0.15, 0.2) is 0 Å². The van der Waals surface area contributed by atoms with Crippen LogP contribution < -0.4 is 10.1 Å². The number of hydrogen-bond acceptors (Lipinski definition) is 6. The number of pyridine rings is 1. The Balaban J connectivity index is 1.25. The summed E-state index contributed by atoms with van der Waals surface area (Å²) in [4.78, 5) is 35.9. The van der Waals surface area contributed by atoms with Crippen LogP contribution in [-0.2, 0) is 30.5 Å². The maximum absolute atomic E-state index is 12.6. The van der Waals surface area contributed by atoms with E-state index in [0.29, 0.717) is 17.9 Å². The largest absolute Gasteiger partial charge is 0.494 e. The summed E-state index contributed by atoms with van der Waals surface area (Å²) in [6.45, 7) is 0.525. The summed E-state index contributed by atoms with van der Waals surface area (Å²) in [5.74, 6) is -1.39. The summed E-state index contributed by atoms with van der Waals surface area (Å²) >= 11 is 0. The molecule has 8 nitrogen and oxygen atoms in total. The summed E-state index contributed by atoms with van der Waals surface area (Å²) < 4.78 is 31.0. The van der Waals surface area contributed by atoms with Gasteiger partial charge in [0, 0.05) is 17.8 Å². The van der Waals surface area contributed by atoms with E-state index in [9.17, 15) is 23.5 Å². The number of amides is 1. The quantitative estimate of drug-likeness (QED) is 0.373. The molecule has 1 amide bonds. The molecule has 0 spiro atoms. The number of carboxylic acid groups (broad SMARTS) is 1. The third-order valence-electron chi connectivity index (χ3n) is 6.18. The molecule has 0 saturated carbocycles. The van der Waals surface area contributed by atoms with Crippen LogP contribution in [0.5, 0.6) is 5.75 Å². The minimum absolute atomic E-state index is 0.0217. The molecule has 1 unspecified atom stereocenters. The van der Waals surface area contributed by atoms with E-state index < -0.39 is 30.0 Å². The van der Waals surface area contributed by atoms with E-state index in [0.717, 1.165) is 43.8 Å². The molecule has 2 N–H and O–H groups in total. The molecule has 1 atom stereocenters. The van der Waals surface area contributed by atoms with Gasteiger partial charge in [0.05, 0.1) is 19.0 Å². The van der Waals surface area contributed by atoms with Gasteiger partial charge in [0.2, 0.25) is 0 Å². The number of benzene rings is 1. The molecule has 1 aliphatic rings. The number of carboxylic acids is 1. The van der Waals surface area contributed by atoms with Gasteiger partial charge in [0.25, 0.3) is 12.3 Å². The van der Waals surface area contributed by atoms with Crippen LogP contribution >= 0.6 is 0 Å². The normalized spacial score (nSPS) is 13.6. The minimum Gasteiger partial charge on any atom is -0.494 e. The number of aryl methyl sites for hydroxylation is 3. The Morgan fingerprint density at radius 1 is 1.03 bits per heavy atom. The third kappa shape index (κ3) is 7.28. The topological polar surface area (TPSA) is 114 Å². The molecule has 10 heteroatoms. The molecule has 2 aromatic heterocycles. The van der Waals surface area contributed by atoms with Crippen molar-refractivity contribution in [3.63, 3.8) is 0 Å². The Labute approximate surface area is 213 Å². The van der Waals surface area contributed by atoms with Gasteiger partial charge in [-0.25, -0.2) is 18.6 Å². The lowest BCUT2D eigenvalue weighted by atomic mass is 9.95. The van der Waals surface area contributed by atoms with E-state index in [-0.39, 0.29) is 12.1 Å². The van der Waals surface area contributed by atoms with Crippen LogP contribution in [0, 0.1) is 0 Å². The van der Waals surface area contributed by atoms with Gasteiger partial charge in [-0.1, -0.05) is 18.2 Å². The molecular weight excluding hydrogens is 482 g/mol. The van der Waals surface area contributed by atoms with Crippen LogP contribution in [0.25, 0.3) is 0 Å². The number of nitrogens with zero attached hydrogens (tertiary/aromatic N) is 3. The zero-order chi connectivity index (χ0) is 26.2. The SMILES string of the molecule is O=C(NC(Cc1ccc(OCCCc2ccc3c(n2)CCCC3)cc1)C(=O)O)c1cnc(C(F)F)cn1. The Kier molecular flexibility index (Phi) is 8.71. The predicted molar refractivity (Wildman–Crippen MR) is 131 cm³/mol. The van der Waals surface area contributed by atoms with Crippen molar-refractivity contribution in [3.8, 4) is 5.75 Å². The smallest absolute Gasteiger partial charge is 0.326 e. The molecule has 3 aromatic rings. The highest BCUT2D eigenvalue weighted by molar-refractivity contribution is 5.94. The maximum Gasteiger partial charge on any atom is 0.326 e. The number of carbonyl (C=O) groups is 2. The van der Waals surface area contributed by atoms with E-state index in [2.05, 4.69) is 27.4 Å². The van der Waals surface area contributed by atoms with Crippen molar-refractivity contribution in [2.45, 2.75) is 57.4 Å². The second kappa shape index (κ2) is 12.3. The standard InChI is InChI=1S/C27H28F2N4O4/c28-25(29)23-15-31-24(16-30-23)26(34)33-22(27(35)36)14-17-7-11-20(12-8-17)37-13-3-5-19-10-9-18-4-1-2-6-21(18)32-19/h7-12,15-16,22,25H,1-6,13-14H2,(H,33,34)(H,35,36). The van der Waals surface area contributed by atoms with Gasteiger partial charge in [-0.05, 0) is 67.9 Å². The second-order valence-electron chi connectivity index (χ2n) is 8.91. The maximum atomic E-state index is 12.6. The Morgan fingerprint density at radius 2 is 1.81 bits per heavy atom. The van der Waals surface area contributed by atoms with Gasteiger partial charge in [-0.15, -0.1) is 0 Å². The molecule has 37 heavy (non-hydrogen) atoms. The number of nitrogens with one attached hydrogen (secondary N) is 1. The lowest BCUT2D eigenvalue weighted by Gasteiger charge is -2.15. The summed E-state index contributed by atoms with van der Waals surface area (Å²) in [7, 11) is 0. The van der Waals surface area contributed by atoms with E-state index in [1.54, 1.807) is 24.3 Å². The monoisotopic (exact) mass is 510 g/mol. The van der Waals surface area contributed by atoms with Crippen LogP contribution in [0.3, 0.4) is 0 Å². The summed E-state index contributed by atoms with van der Waals surface area (Å²) in [5, 5.41) is 11.9. The summed E-state index contributed by atoms with van der Waals surface area (Å²) in [6.07, 6.45) is 5.16. The number of aromatic nitrogens is 3. The Morgan fingerprint density at radius 3 is 2.51 bits per heavy atom. The first-order chi connectivity index (χ1) is 17.9. The highest BCUT2D eigenvalue weighted by Gasteiger charge is 2.22. The molecule has 0 bridgehead atoms. The lowest BCUT2D eigenvalue weighted by Crippen LogP contribution is -2.42. The number of aliphatic carboxylic acids is 1. The Bertz CT molecular complexity index is 1220. The van der Waals surface area contributed by atoms with E-state index in [1.807, 2.05) is 0 Å². The lowest BCUT2D eigenvalue weighted by molar-refractivity contribution is -0.139. The molecule has 0 fully saturated rings. The van der Waals surface area contributed by atoms with Crippen molar-refractivity contribution >= 4 is 11.9 Å². The van der Waals surface area contributed by atoms with E-state index in [4.69, 9.17) is 9.72 Å². The molecule has 194 valence electrons. The molecule has 2 heterocycles. The van der Waals surface area contributed by atoms with E-state index in [1.165, 1.54) is 24.1 Å². The number of alkyl halides is 2. The number of fused-ring (bicyclic) bond motifs is 1. The first kappa shape index (κ1) is 26.1. The Hall–Kier alpha value is -3.95. The van der Waals surface area contributed by atoms with Crippen molar-refractivity contribution < 1.29 is 28.2 Å². The van der Waals surface area contributed by atoms with Crippen LogP contribution in [0.2, 0.25) is 0 Å². The van der Waals surface area contributed by atoms with Crippen LogP contribution in [-0.4, -0.2) is 44.6 Å². The number of carbonyl (C=O) groups excluding carboxylic acids is 1. The van der Waals surface area contributed by atoms with Gasteiger partial charge >= 0.3 is 5.97 Å². The fraction of sp³-hybridized carbons (Fsp3) is 0.370. The molecule has 1 aliphatic carbocycles. The molecule has 0 aliphatic heterocycles. The predicted octanol–water partition coefficient (Wildman–Crippen LogP) is 4.13. The first-order valence-corrected chi connectivity index (χ1v) is 12.2. The zero-order valence-corrected chi connectivity index (χ0v) is 20.2. The van der Waals surface area contributed by atoms with Crippen LogP contribution in [0.1, 0.15) is 64.4 Å². The number of rotatable bonds is 11. The second-order valence-corrected chi connectivity index (χ2v) is 8.91. The average molecular weight is 511 g/mol. The summed E-state index contributed by atoms with van der Waals surface area (Å²) in [6, 6.07) is 10.0. The fourth-order valence-corrected chi connectivity index (χ4v) is 4.17. The third-order valence-corrected chi connectivity index (χ3v) is 6.18. The van der Waals surface area contributed by atoms with Crippen molar-refractivity contribution in [1.29, 1.82) is 0 Å². The highest BCUT2D eigenvalue weighted by Crippen LogP contribution is 2.20. The number of halogens is 2. The average Bonchev–Trinajstić information content (AvgIpc) is 2.91. The highest BCUT2D eigenvalue weighted by atomic mass is 19.3. The van der Waals surface area contributed by atoms with Gasteiger partial charge in [0.1, 0.15) is 23.2 Å². The van der Waals surface area contributed by atoms with Crippen molar-refractivity contribution in [1.82, 2.24) is 20.3 Å². The van der Waals surface area contributed by atoms with Crippen molar-refractivity contribution in [2.75, 3.05) is 6.61 Å². The number of ether oxygens (including phenoxy) is 1. The number of hydrogen-bond donors (Lipinski definition) is 2. The molecular formula is C27H28F2N4O4.